The van der Waals surface area contributed by atoms with Crippen LogP contribution in [0.4, 0.5) is 17.6 Å². The molecule has 1 atom stereocenters. The summed E-state index contributed by atoms with van der Waals surface area (Å²) in [5, 5.41) is 0. The van der Waals surface area contributed by atoms with E-state index in [1.54, 1.807) is 0 Å². The second kappa shape index (κ2) is 2.84. The fraction of sp³-hybridized carbons (Fsp3) is 1.00. The first-order valence-electron chi connectivity index (χ1n) is 1.75. The lowest BCUT2D eigenvalue weighted by molar-refractivity contribution is -0.172. The highest BCUT2D eigenvalue weighted by Gasteiger charge is 2.38. The molecule has 0 aliphatic carbocycles. The van der Waals surface area contributed by atoms with Crippen LogP contribution in [0.3, 0.4) is 0 Å². The molecular weight excluding hydrogens is 239 g/mol. The molecule has 5 heteroatoms. The molecule has 0 saturated heterocycles. The first-order chi connectivity index (χ1) is 3.48. The highest BCUT2D eigenvalue weighted by Crippen LogP contribution is 2.23. The molecular formula is C3H3F4I. The van der Waals surface area contributed by atoms with Gasteiger partial charge in [-0.1, -0.05) is 22.6 Å². The minimum atomic E-state index is -4.67. The molecule has 0 N–H and O–H groups in total. The summed E-state index contributed by atoms with van der Waals surface area (Å²) < 4.78 is 44.2. The van der Waals surface area contributed by atoms with Crippen LogP contribution in [-0.2, 0) is 0 Å². The summed E-state index contributed by atoms with van der Waals surface area (Å²) in [5.41, 5.74) is 0. The average molecular weight is 242 g/mol. The van der Waals surface area contributed by atoms with Crippen molar-refractivity contribution in [2.75, 3.05) is 4.43 Å². The van der Waals surface area contributed by atoms with E-state index in [-0.39, 0.29) is 0 Å². The van der Waals surface area contributed by atoms with Gasteiger partial charge in [0, 0.05) is 4.43 Å². The van der Waals surface area contributed by atoms with Crippen LogP contribution in [0.5, 0.6) is 0 Å². The Hall–Kier alpha value is 0.450. The maximum Gasteiger partial charge on any atom is 0.420 e. The number of halogens is 5. The molecule has 0 nitrogen and oxygen atoms in total. The zero-order valence-corrected chi connectivity index (χ0v) is 5.83. The van der Waals surface area contributed by atoms with E-state index in [1.807, 2.05) is 0 Å². The SMILES string of the molecule is FC(CI)C(F)(F)F. The van der Waals surface area contributed by atoms with E-state index < -0.39 is 16.8 Å². The first-order valence-corrected chi connectivity index (χ1v) is 3.27. The third kappa shape index (κ3) is 2.68. The minimum Gasteiger partial charge on any atom is -0.237 e. The molecule has 0 bridgehead atoms. The lowest BCUT2D eigenvalue weighted by atomic mass is 10.4. The Bertz CT molecular complexity index is 68.2. The fourth-order valence-corrected chi connectivity index (χ4v) is 0.587. The third-order valence-corrected chi connectivity index (χ3v) is 1.26. The maximum absolute atomic E-state index is 11.5. The molecule has 0 saturated carbocycles. The smallest absolute Gasteiger partial charge is 0.237 e. The molecule has 1 unspecified atom stereocenters. The molecule has 0 aromatic carbocycles. The van der Waals surface area contributed by atoms with Gasteiger partial charge in [0.25, 0.3) is 0 Å². The van der Waals surface area contributed by atoms with E-state index >= 15 is 0 Å². The molecule has 0 aliphatic heterocycles. The van der Waals surface area contributed by atoms with Crippen molar-refractivity contribution in [3.05, 3.63) is 0 Å². The average Bonchev–Trinajstić information content (AvgIpc) is 1.62. The van der Waals surface area contributed by atoms with Crippen molar-refractivity contribution >= 4 is 22.6 Å². The number of hydrogen-bond donors (Lipinski definition) is 0. The van der Waals surface area contributed by atoms with Crippen molar-refractivity contribution in [3.8, 4) is 0 Å². The van der Waals surface area contributed by atoms with E-state index in [0.29, 0.717) is 0 Å². The van der Waals surface area contributed by atoms with E-state index in [0.717, 1.165) is 0 Å². The van der Waals surface area contributed by atoms with Gasteiger partial charge in [-0.2, -0.15) is 13.2 Å². The molecule has 0 heterocycles. The van der Waals surface area contributed by atoms with Gasteiger partial charge in [0.15, 0.2) is 0 Å². The van der Waals surface area contributed by atoms with E-state index in [4.69, 9.17) is 0 Å². The van der Waals surface area contributed by atoms with Crippen molar-refractivity contribution in [2.45, 2.75) is 12.3 Å². The molecule has 0 radical (unpaired) electrons. The fourth-order valence-electron chi connectivity index (χ4n) is 0.0875. The normalized spacial score (nSPS) is 16.1. The summed E-state index contributed by atoms with van der Waals surface area (Å²) in [6.45, 7) is 0. The summed E-state index contributed by atoms with van der Waals surface area (Å²) in [7, 11) is 0. The quantitative estimate of drug-likeness (QED) is 0.376. The van der Waals surface area contributed by atoms with Gasteiger partial charge in [-0.05, 0) is 0 Å². The Balaban J connectivity index is 3.62. The van der Waals surface area contributed by atoms with Crippen molar-refractivity contribution < 1.29 is 17.6 Å². The molecule has 50 valence electrons. The molecule has 0 amide bonds. The highest BCUT2D eigenvalue weighted by atomic mass is 127. The standard InChI is InChI=1S/C3H3F4I/c4-2(1-8)3(5,6)7/h2H,1H2. The predicted molar refractivity (Wildman–Crippen MR) is 29.8 cm³/mol. The largest absolute Gasteiger partial charge is 0.420 e. The summed E-state index contributed by atoms with van der Waals surface area (Å²) in [6, 6.07) is 0. The number of hydrogen-bond acceptors (Lipinski definition) is 0. The monoisotopic (exact) mass is 242 g/mol. The van der Waals surface area contributed by atoms with Crippen LogP contribution < -0.4 is 0 Å². The number of rotatable bonds is 1. The van der Waals surface area contributed by atoms with Gasteiger partial charge in [-0.3, -0.25) is 0 Å². The second-order valence-electron chi connectivity index (χ2n) is 1.16. The van der Waals surface area contributed by atoms with Gasteiger partial charge in [0.1, 0.15) is 0 Å². The van der Waals surface area contributed by atoms with Gasteiger partial charge in [0.2, 0.25) is 6.17 Å². The van der Waals surface area contributed by atoms with Gasteiger partial charge in [0.05, 0.1) is 0 Å². The Morgan fingerprint density at radius 3 is 1.75 bits per heavy atom. The molecule has 0 aromatic heterocycles. The molecule has 8 heavy (non-hydrogen) atoms. The molecule has 0 spiro atoms. The number of alkyl halides is 5. The molecule has 0 fully saturated rings. The van der Waals surface area contributed by atoms with Crippen LogP contribution in [0.2, 0.25) is 0 Å². The zero-order valence-electron chi connectivity index (χ0n) is 3.67. The van der Waals surface area contributed by atoms with Crippen molar-refractivity contribution in [2.24, 2.45) is 0 Å². The lowest BCUT2D eigenvalue weighted by Crippen LogP contribution is -2.25. The minimum absolute atomic E-state index is 0.527. The second-order valence-corrected chi connectivity index (χ2v) is 2.04. The Morgan fingerprint density at radius 2 is 1.75 bits per heavy atom. The van der Waals surface area contributed by atoms with Gasteiger partial charge >= 0.3 is 6.18 Å². The van der Waals surface area contributed by atoms with Crippen molar-refractivity contribution in [1.82, 2.24) is 0 Å². The van der Waals surface area contributed by atoms with E-state index in [1.165, 1.54) is 22.6 Å². The van der Waals surface area contributed by atoms with Crippen LogP contribution in [0.15, 0.2) is 0 Å². The first kappa shape index (κ1) is 8.45. The van der Waals surface area contributed by atoms with Crippen molar-refractivity contribution in [3.63, 3.8) is 0 Å². The van der Waals surface area contributed by atoms with Gasteiger partial charge in [-0.15, -0.1) is 0 Å². The van der Waals surface area contributed by atoms with Crippen LogP contribution in [0, 0.1) is 0 Å². The zero-order chi connectivity index (χ0) is 6.78. The summed E-state index contributed by atoms with van der Waals surface area (Å²) in [6.07, 6.45) is -7.33. The Kier molecular flexibility index (Phi) is 3.00. The predicted octanol–water partition coefficient (Wildman–Crippen LogP) is 2.32. The van der Waals surface area contributed by atoms with Gasteiger partial charge in [-0.25, -0.2) is 4.39 Å². The topological polar surface area (TPSA) is 0 Å². The summed E-state index contributed by atoms with van der Waals surface area (Å²) in [5.74, 6) is 0. The lowest BCUT2D eigenvalue weighted by Gasteiger charge is -2.07. The maximum atomic E-state index is 11.5. The summed E-state index contributed by atoms with van der Waals surface area (Å²) >= 11 is 1.34. The van der Waals surface area contributed by atoms with E-state index in [9.17, 15) is 17.6 Å². The van der Waals surface area contributed by atoms with Crippen LogP contribution >= 0.6 is 22.6 Å². The van der Waals surface area contributed by atoms with E-state index in [2.05, 4.69) is 0 Å². The van der Waals surface area contributed by atoms with Crippen molar-refractivity contribution in [1.29, 1.82) is 0 Å². The highest BCUT2D eigenvalue weighted by molar-refractivity contribution is 14.1. The summed E-state index contributed by atoms with van der Waals surface area (Å²) in [4.78, 5) is 0. The van der Waals surface area contributed by atoms with Crippen LogP contribution in [0.1, 0.15) is 0 Å². The van der Waals surface area contributed by atoms with Crippen LogP contribution in [0.25, 0.3) is 0 Å². The Morgan fingerprint density at radius 1 is 1.38 bits per heavy atom. The molecule has 0 aromatic rings. The van der Waals surface area contributed by atoms with Gasteiger partial charge < -0.3 is 0 Å². The Labute approximate surface area is 57.4 Å². The van der Waals surface area contributed by atoms with Crippen LogP contribution in [-0.4, -0.2) is 16.8 Å². The molecule has 0 aliphatic rings. The molecule has 0 rings (SSSR count). The third-order valence-electron chi connectivity index (χ3n) is 0.491.